The van der Waals surface area contributed by atoms with Crippen LogP contribution in [0, 0.1) is 13.8 Å². The fourth-order valence-electron chi connectivity index (χ4n) is 1.48. The van der Waals surface area contributed by atoms with Crippen LogP contribution < -0.4 is 5.32 Å². The molecule has 0 radical (unpaired) electrons. The molecule has 2 rings (SSSR count). The number of aromatic amines is 1. The summed E-state index contributed by atoms with van der Waals surface area (Å²) in [6.45, 7) is 4.19. The summed E-state index contributed by atoms with van der Waals surface area (Å²) in [5, 5.41) is 9.99. The molecule has 14 heavy (non-hydrogen) atoms. The number of nitrogens with zero attached hydrogens (tertiary/aromatic N) is 1. The molecule has 2 N–H and O–H groups in total. The van der Waals surface area contributed by atoms with Crippen molar-refractivity contribution < 1.29 is 0 Å². The van der Waals surface area contributed by atoms with Gasteiger partial charge in [-0.15, -0.1) is 0 Å². The normalized spacial score (nSPS) is 10.1. The van der Waals surface area contributed by atoms with Gasteiger partial charge in [-0.1, -0.05) is 18.2 Å². The van der Waals surface area contributed by atoms with Crippen molar-refractivity contribution in [1.29, 1.82) is 0 Å². The number of hydrogen-bond acceptors (Lipinski definition) is 2. The number of nitrogens with one attached hydrogen (secondary N) is 2. The average molecular weight is 187 g/mol. The zero-order valence-electron chi connectivity index (χ0n) is 8.33. The molecule has 1 heterocycles. The number of rotatable bonds is 2. The number of anilines is 2. The summed E-state index contributed by atoms with van der Waals surface area (Å²) >= 11 is 0. The smallest absolute Gasteiger partial charge is 0.0767 e. The van der Waals surface area contributed by atoms with Crippen molar-refractivity contribution in [2.24, 2.45) is 0 Å². The van der Waals surface area contributed by atoms with Gasteiger partial charge in [0.2, 0.25) is 0 Å². The number of H-pyrrole nitrogens is 1. The van der Waals surface area contributed by atoms with Crippen LogP contribution in [0.4, 0.5) is 11.4 Å². The van der Waals surface area contributed by atoms with Gasteiger partial charge in [0.1, 0.15) is 0 Å². The van der Waals surface area contributed by atoms with Gasteiger partial charge in [-0.2, -0.15) is 5.10 Å². The van der Waals surface area contributed by atoms with Gasteiger partial charge >= 0.3 is 0 Å². The van der Waals surface area contributed by atoms with Crippen LogP contribution in [0.5, 0.6) is 0 Å². The highest BCUT2D eigenvalue weighted by atomic mass is 15.1. The Bertz CT molecular complexity index is 398. The predicted octanol–water partition coefficient (Wildman–Crippen LogP) is 2.77. The van der Waals surface area contributed by atoms with E-state index in [1.165, 1.54) is 11.1 Å². The van der Waals surface area contributed by atoms with E-state index in [9.17, 15) is 0 Å². The number of aromatic nitrogens is 2. The van der Waals surface area contributed by atoms with Crippen molar-refractivity contribution in [2.45, 2.75) is 13.8 Å². The molecule has 0 spiro atoms. The first-order valence-electron chi connectivity index (χ1n) is 4.59. The Morgan fingerprint density at radius 3 is 2.50 bits per heavy atom. The molecule has 0 bridgehead atoms. The molecule has 0 atom stereocenters. The second-order valence-electron chi connectivity index (χ2n) is 3.38. The van der Waals surface area contributed by atoms with Crippen molar-refractivity contribution in [3.63, 3.8) is 0 Å². The van der Waals surface area contributed by atoms with Crippen molar-refractivity contribution in [3.05, 3.63) is 41.7 Å². The molecular weight excluding hydrogens is 174 g/mol. The van der Waals surface area contributed by atoms with E-state index < -0.39 is 0 Å². The summed E-state index contributed by atoms with van der Waals surface area (Å²) in [5.74, 6) is 0. The minimum Gasteiger partial charge on any atom is -0.353 e. The van der Waals surface area contributed by atoms with Gasteiger partial charge in [-0.3, -0.25) is 5.10 Å². The summed E-state index contributed by atoms with van der Waals surface area (Å²) in [5.41, 5.74) is 4.63. The molecule has 0 fully saturated rings. The summed E-state index contributed by atoms with van der Waals surface area (Å²) in [6.07, 6.45) is 3.61. The third-order valence-corrected chi connectivity index (χ3v) is 2.25. The second kappa shape index (κ2) is 3.54. The molecule has 1 aromatic carbocycles. The second-order valence-corrected chi connectivity index (χ2v) is 3.38. The first-order valence-corrected chi connectivity index (χ1v) is 4.59. The Kier molecular flexibility index (Phi) is 2.23. The minimum absolute atomic E-state index is 0.988. The van der Waals surface area contributed by atoms with E-state index in [0.29, 0.717) is 0 Å². The van der Waals surface area contributed by atoms with E-state index in [4.69, 9.17) is 0 Å². The van der Waals surface area contributed by atoms with Crippen molar-refractivity contribution in [2.75, 3.05) is 5.32 Å². The topological polar surface area (TPSA) is 40.7 Å². The first-order chi connectivity index (χ1) is 6.77. The van der Waals surface area contributed by atoms with E-state index in [1.807, 2.05) is 6.20 Å². The fraction of sp³-hybridized carbons (Fsp3) is 0.182. The lowest BCUT2D eigenvalue weighted by atomic mass is 10.1. The largest absolute Gasteiger partial charge is 0.353 e. The number of para-hydroxylation sites is 1. The van der Waals surface area contributed by atoms with Gasteiger partial charge in [0.05, 0.1) is 11.9 Å². The molecule has 0 unspecified atom stereocenters. The molecule has 0 amide bonds. The zero-order valence-corrected chi connectivity index (χ0v) is 8.33. The maximum atomic E-state index is 3.89. The Hall–Kier alpha value is -1.77. The highest BCUT2D eigenvalue weighted by molar-refractivity contribution is 5.65. The van der Waals surface area contributed by atoms with E-state index in [1.54, 1.807) is 6.20 Å². The Morgan fingerprint density at radius 2 is 1.93 bits per heavy atom. The Balaban J connectivity index is 2.33. The lowest BCUT2D eigenvalue weighted by Crippen LogP contribution is -1.94. The number of benzene rings is 1. The summed E-state index contributed by atoms with van der Waals surface area (Å²) in [7, 11) is 0. The Morgan fingerprint density at radius 1 is 1.21 bits per heavy atom. The van der Waals surface area contributed by atoms with Gasteiger partial charge < -0.3 is 5.32 Å². The van der Waals surface area contributed by atoms with Crippen molar-refractivity contribution in [3.8, 4) is 0 Å². The third-order valence-electron chi connectivity index (χ3n) is 2.25. The summed E-state index contributed by atoms with van der Waals surface area (Å²) in [6, 6.07) is 6.25. The van der Waals surface area contributed by atoms with Gasteiger partial charge in [0.25, 0.3) is 0 Å². The standard InChI is InChI=1S/C11H13N3/c1-8-4-3-5-9(2)11(8)14-10-6-12-13-7-10/h3-7,14H,1-2H3,(H,12,13). The van der Waals surface area contributed by atoms with Crippen LogP contribution in [0.1, 0.15) is 11.1 Å². The number of hydrogen-bond donors (Lipinski definition) is 2. The van der Waals surface area contributed by atoms with Gasteiger partial charge in [0, 0.05) is 11.9 Å². The molecule has 3 heteroatoms. The maximum absolute atomic E-state index is 3.89. The van der Waals surface area contributed by atoms with Gasteiger partial charge in [-0.05, 0) is 25.0 Å². The summed E-state index contributed by atoms with van der Waals surface area (Å²) < 4.78 is 0. The van der Waals surface area contributed by atoms with E-state index in [2.05, 4.69) is 47.6 Å². The van der Waals surface area contributed by atoms with Crippen LogP contribution in [0.25, 0.3) is 0 Å². The molecular formula is C11H13N3. The van der Waals surface area contributed by atoms with Crippen LogP contribution in [0.2, 0.25) is 0 Å². The van der Waals surface area contributed by atoms with Gasteiger partial charge in [0.15, 0.2) is 0 Å². The SMILES string of the molecule is Cc1cccc(C)c1Nc1cn[nH]c1. The number of aryl methyl sites for hydroxylation is 2. The molecule has 0 saturated carbocycles. The van der Waals surface area contributed by atoms with E-state index in [-0.39, 0.29) is 0 Å². The molecule has 2 aromatic rings. The van der Waals surface area contributed by atoms with Crippen LogP contribution in [0.15, 0.2) is 30.6 Å². The lowest BCUT2D eigenvalue weighted by molar-refractivity contribution is 1.09. The molecule has 0 aliphatic carbocycles. The average Bonchev–Trinajstić information content (AvgIpc) is 2.64. The minimum atomic E-state index is 0.988. The fourth-order valence-corrected chi connectivity index (χ4v) is 1.48. The van der Waals surface area contributed by atoms with Crippen molar-refractivity contribution in [1.82, 2.24) is 10.2 Å². The predicted molar refractivity (Wildman–Crippen MR) is 57.8 cm³/mol. The molecule has 0 aliphatic rings. The molecule has 1 aromatic heterocycles. The lowest BCUT2D eigenvalue weighted by Gasteiger charge is -2.10. The van der Waals surface area contributed by atoms with E-state index in [0.717, 1.165) is 11.4 Å². The van der Waals surface area contributed by atoms with Crippen LogP contribution in [0.3, 0.4) is 0 Å². The molecule has 0 saturated heterocycles. The van der Waals surface area contributed by atoms with Gasteiger partial charge in [-0.25, -0.2) is 0 Å². The molecule has 3 nitrogen and oxygen atoms in total. The van der Waals surface area contributed by atoms with Crippen LogP contribution in [-0.4, -0.2) is 10.2 Å². The zero-order chi connectivity index (χ0) is 9.97. The van der Waals surface area contributed by atoms with Crippen LogP contribution >= 0.6 is 0 Å². The maximum Gasteiger partial charge on any atom is 0.0767 e. The first kappa shape index (κ1) is 8.81. The monoisotopic (exact) mass is 187 g/mol. The summed E-state index contributed by atoms with van der Waals surface area (Å²) in [4.78, 5) is 0. The molecule has 72 valence electrons. The van der Waals surface area contributed by atoms with E-state index >= 15 is 0 Å². The quantitative estimate of drug-likeness (QED) is 0.759. The highest BCUT2D eigenvalue weighted by Crippen LogP contribution is 2.23. The molecule has 0 aliphatic heterocycles. The highest BCUT2D eigenvalue weighted by Gasteiger charge is 2.01. The van der Waals surface area contributed by atoms with Crippen LogP contribution in [-0.2, 0) is 0 Å². The third kappa shape index (κ3) is 1.62. The van der Waals surface area contributed by atoms with Crippen molar-refractivity contribution >= 4 is 11.4 Å². The Labute approximate surface area is 83.2 Å².